The summed E-state index contributed by atoms with van der Waals surface area (Å²) in [5.41, 5.74) is 2.80. The quantitative estimate of drug-likeness (QED) is 0.457. The Hall–Kier alpha value is -2.40. The highest BCUT2D eigenvalue weighted by molar-refractivity contribution is 9.10. The van der Waals surface area contributed by atoms with E-state index in [1.54, 1.807) is 13.0 Å². The van der Waals surface area contributed by atoms with Crippen molar-refractivity contribution in [1.82, 2.24) is 0 Å². The highest BCUT2D eigenvalue weighted by atomic mass is 79.9. The van der Waals surface area contributed by atoms with Crippen LogP contribution < -0.4 is 4.74 Å². The van der Waals surface area contributed by atoms with Gasteiger partial charge in [-0.15, -0.1) is 0 Å². The lowest BCUT2D eigenvalue weighted by atomic mass is 9.73. The van der Waals surface area contributed by atoms with Crippen molar-refractivity contribution >= 4 is 33.3 Å². The Bertz CT molecular complexity index is 886. The first-order valence-electron chi connectivity index (χ1n) is 9.43. The van der Waals surface area contributed by atoms with Crippen molar-refractivity contribution < 1.29 is 19.1 Å². The van der Waals surface area contributed by atoms with Gasteiger partial charge in [0, 0.05) is 10.4 Å². The number of esters is 1. The Morgan fingerprint density at radius 2 is 1.86 bits per heavy atom. The lowest BCUT2D eigenvalue weighted by Crippen LogP contribution is -2.34. The van der Waals surface area contributed by atoms with Gasteiger partial charge in [-0.3, -0.25) is 9.59 Å². The molecule has 5 heteroatoms. The molecule has 1 aliphatic rings. The molecule has 0 aliphatic heterocycles. The number of hydrogen-bond donors (Lipinski definition) is 0. The first kappa shape index (κ1) is 20.3. The van der Waals surface area contributed by atoms with Crippen LogP contribution in [0.15, 0.2) is 59.1 Å². The largest absolute Gasteiger partial charge is 0.494 e. The molecule has 146 valence electrons. The van der Waals surface area contributed by atoms with Crippen LogP contribution >= 0.6 is 15.9 Å². The van der Waals surface area contributed by atoms with E-state index in [1.807, 2.05) is 55.5 Å². The molecule has 2 aromatic carbocycles. The molecular weight excluding hydrogens is 420 g/mol. The molecule has 28 heavy (non-hydrogen) atoms. The summed E-state index contributed by atoms with van der Waals surface area (Å²) in [4.78, 5) is 25.5. The summed E-state index contributed by atoms with van der Waals surface area (Å²) in [6, 6.07) is 15.5. The number of carbonyl (C=O) groups is 2. The molecule has 4 nitrogen and oxygen atoms in total. The first-order valence-corrected chi connectivity index (χ1v) is 10.2. The minimum Gasteiger partial charge on any atom is -0.494 e. The standard InChI is InChI=1S/C23H23BrO4/c1-3-27-19-7-5-6-16(12-19)20-13-17(15-8-10-18(24)11-9-15)14-21(25)22(20)23(26)28-4-2/h5-12,14,20,22H,3-4,13H2,1-2H3. The fourth-order valence-corrected chi connectivity index (χ4v) is 3.83. The van der Waals surface area contributed by atoms with E-state index in [4.69, 9.17) is 9.47 Å². The number of benzene rings is 2. The Morgan fingerprint density at radius 3 is 2.54 bits per heavy atom. The van der Waals surface area contributed by atoms with Crippen LogP contribution in [0.1, 0.15) is 37.3 Å². The van der Waals surface area contributed by atoms with Crippen LogP contribution in [-0.2, 0) is 14.3 Å². The van der Waals surface area contributed by atoms with E-state index >= 15 is 0 Å². The lowest BCUT2D eigenvalue weighted by Gasteiger charge is -2.29. The van der Waals surface area contributed by atoms with Gasteiger partial charge in [0.25, 0.3) is 0 Å². The van der Waals surface area contributed by atoms with Crippen LogP contribution in [0.3, 0.4) is 0 Å². The van der Waals surface area contributed by atoms with Gasteiger partial charge in [-0.25, -0.2) is 0 Å². The highest BCUT2D eigenvalue weighted by Crippen LogP contribution is 2.41. The van der Waals surface area contributed by atoms with Crippen molar-refractivity contribution in [1.29, 1.82) is 0 Å². The van der Waals surface area contributed by atoms with E-state index in [9.17, 15) is 9.59 Å². The number of ether oxygens (including phenoxy) is 2. The van der Waals surface area contributed by atoms with Crippen LogP contribution in [0, 0.1) is 5.92 Å². The van der Waals surface area contributed by atoms with Crippen molar-refractivity contribution in [2.24, 2.45) is 5.92 Å². The molecule has 1 aliphatic carbocycles. The first-order chi connectivity index (χ1) is 13.5. The third kappa shape index (κ3) is 4.53. The van der Waals surface area contributed by atoms with Crippen LogP contribution in [0.4, 0.5) is 0 Å². The molecule has 0 bridgehead atoms. The molecule has 2 aromatic rings. The molecule has 0 heterocycles. The van der Waals surface area contributed by atoms with Gasteiger partial charge in [0.05, 0.1) is 13.2 Å². The average molecular weight is 443 g/mol. The molecule has 0 saturated heterocycles. The maximum atomic E-state index is 12.9. The molecule has 0 aromatic heterocycles. The second-order valence-electron chi connectivity index (χ2n) is 6.62. The Balaban J connectivity index is 2.01. The lowest BCUT2D eigenvalue weighted by molar-refractivity contribution is -0.151. The molecule has 2 unspecified atom stereocenters. The maximum Gasteiger partial charge on any atom is 0.317 e. The zero-order chi connectivity index (χ0) is 20.1. The number of allylic oxidation sites excluding steroid dienone is 2. The van der Waals surface area contributed by atoms with Gasteiger partial charge in [0.15, 0.2) is 5.78 Å². The molecule has 0 fully saturated rings. The number of halogens is 1. The van der Waals surface area contributed by atoms with E-state index in [0.717, 1.165) is 26.9 Å². The zero-order valence-corrected chi connectivity index (χ0v) is 17.6. The third-order valence-electron chi connectivity index (χ3n) is 4.82. The van der Waals surface area contributed by atoms with Gasteiger partial charge < -0.3 is 9.47 Å². The minimum atomic E-state index is -0.837. The van der Waals surface area contributed by atoms with Crippen molar-refractivity contribution in [3.63, 3.8) is 0 Å². The molecule has 0 N–H and O–H groups in total. The molecule has 0 amide bonds. The van der Waals surface area contributed by atoms with Crippen molar-refractivity contribution in [3.05, 3.63) is 70.2 Å². The minimum absolute atomic E-state index is 0.213. The summed E-state index contributed by atoms with van der Waals surface area (Å²) in [6.07, 6.45) is 2.17. The zero-order valence-electron chi connectivity index (χ0n) is 16.0. The van der Waals surface area contributed by atoms with Gasteiger partial charge in [0.1, 0.15) is 11.7 Å². The van der Waals surface area contributed by atoms with Gasteiger partial charge in [-0.2, -0.15) is 0 Å². The fraction of sp³-hybridized carbons (Fsp3) is 0.304. The summed E-state index contributed by atoms with van der Waals surface area (Å²) in [7, 11) is 0. The highest BCUT2D eigenvalue weighted by Gasteiger charge is 2.39. The smallest absolute Gasteiger partial charge is 0.317 e. The summed E-state index contributed by atoms with van der Waals surface area (Å²) >= 11 is 3.44. The molecule has 2 atom stereocenters. The van der Waals surface area contributed by atoms with E-state index in [0.29, 0.717) is 13.0 Å². The molecule has 3 rings (SSSR count). The van der Waals surface area contributed by atoms with Gasteiger partial charge in [-0.1, -0.05) is 40.2 Å². The average Bonchev–Trinajstić information content (AvgIpc) is 2.68. The van der Waals surface area contributed by atoms with Gasteiger partial charge in [0.2, 0.25) is 0 Å². The molecule has 0 spiro atoms. The van der Waals surface area contributed by atoms with Crippen LogP contribution in [0.2, 0.25) is 0 Å². The summed E-state index contributed by atoms with van der Waals surface area (Å²) < 4.78 is 11.8. The van der Waals surface area contributed by atoms with Crippen LogP contribution in [0.25, 0.3) is 5.57 Å². The molecule has 0 saturated carbocycles. The SMILES string of the molecule is CCOC(=O)C1C(=O)C=C(c2ccc(Br)cc2)CC1c1cccc(OCC)c1. The van der Waals surface area contributed by atoms with E-state index in [-0.39, 0.29) is 18.3 Å². The van der Waals surface area contributed by atoms with Gasteiger partial charge >= 0.3 is 5.97 Å². The fourth-order valence-electron chi connectivity index (χ4n) is 3.56. The Kier molecular flexibility index (Phi) is 6.68. The predicted molar refractivity (Wildman–Crippen MR) is 112 cm³/mol. The van der Waals surface area contributed by atoms with Crippen LogP contribution in [-0.4, -0.2) is 25.0 Å². The third-order valence-corrected chi connectivity index (χ3v) is 5.35. The van der Waals surface area contributed by atoms with Crippen molar-refractivity contribution in [2.45, 2.75) is 26.2 Å². The van der Waals surface area contributed by atoms with E-state index in [1.165, 1.54) is 0 Å². The normalized spacial score (nSPS) is 19.1. The summed E-state index contributed by atoms with van der Waals surface area (Å²) in [5, 5.41) is 0. The Morgan fingerprint density at radius 1 is 1.11 bits per heavy atom. The second kappa shape index (κ2) is 9.20. The molecular formula is C23H23BrO4. The predicted octanol–water partition coefficient (Wildman–Crippen LogP) is 5.17. The van der Waals surface area contributed by atoms with E-state index < -0.39 is 11.9 Å². The Labute approximate surface area is 173 Å². The maximum absolute atomic E-state index is 12.9. The summed E-state index contributed by atoms with van der Waals surface area (Å²) in [6.45, 7) is 4.47. The van der Waals surface area contributed by atoms with Gasteiger partial charge in [-0.05, 0) is 67.3 Å². The number of carbonyl (C=O) groups excluding carboxylic acids is 2. The van der Waals surface area contributed by atoms with Crippen molar-refractivity contribution in [3.8, 4) is 5.75 Å². The number of hydrogen-bond acceptors (Lipinski definition) is 4. The number of rotatable bonds is 6. The molecule has 0 radical (unpaired) electrons. The second-order valence-corrected chi connectivity index (χ2v) is 7.54. The topological polar surface area (TPSA) is 52.6 Å². The van der Waals surface area contributed by atoms with Crippen molar-refractivity contribution in [2.75, 3.05) is 13.2 Å². The summed E-state index contributed by atoms with van der Waals surface area (Å²) in [5.74, 6) is -1.08. The number of ketones is 1. The van der Waals surface area contributed by atoms with E-state index in [2.05, 4.69) is 15.9 Å². The monoisotopic (exact) mass is 442 g/mol. The van der Waals surface area contributed by atoms with Crippen LogP contribution in [0.5, 0.6) is 5.75 Å².